The summed E-state index contributed by atoms with van der Waals surface area (Å²) < 4.78 is 5.79. The molecule has 110 valence electrons. The Labute approximate surface area is 126 Å². The molecule has 5 nitrogen and oxygen atoms in total. The smallest absolute Gasteiger partial charge is 0.408 e. The lowest BCUT2D eigenvalue weighted by molar-refractivity contribution is -0.113. The van der Waals surface area contributed by atoms with Crippen LogP contribution < -0.4 is 5.32 Å². The standard InChI is InChI=1S/C14H18BrNO4/c1-13(2,3)20-12(19)16-14(4,8-17)10-6-5-9(15)7-11(10)18/h5-8,18H,1-4H3,(H,16,19). The van der Waals surface area contributed by atoms with Gasteiger partial charge in [-0.25, -0.2) is 4.79 Å². The van der Waals surface area contributed by atoms with E-state index in [1.54, 1.807) is 32.9 Å². The number of nitrogens with one attached hydrogen (secondary N) is 1. The van der Waals surface area contributed by atoms with Crippen LogP contribution in [0.1, 0.15) is 33.3 Å². The Morgan fingerprint density at radius 2 is 1.95 bits per heavy atom. The fourth-order valence-corrected chi connectivity index (χ4v) is 1.97. The predicted octanol–water partition coefficient (Wildman–Crippen LogP) is 3.09. The van der Waals surface area contributed by atoms with Gasteiger partial charge in [-0.2, -0.15) is 0 Å². The Balaban J connectivity index is 3.03. The van der Waals surface area contributed by atoms with Crippen LogP contribution in [-0.2, 0) is 15.1 Å². The molecule has 1 unspecified atom stereocenters. The number of hydrogen-bond acceptors (Lipinski definition) is 4. The van der Waals surface area contributed by atoms with Crippen molar-refractivity contribution in [3.05, 3.63) is 28.2 Å². The Morgan fingerprint density at radius 1 is 1.35 bits per heavy atom. The van der Waals surface area contributed by atoms with E-state index in [1.165, 1.54) is 13.0 Å². The van der Waals surface area contributed by atoms with Gasteiger partial charge in [0.1, 0.15) is 23.2 Å². The average molecular weight is 344 g/mol. The number of benzene rings is 1. The molecule has 0 saturated heterocycles. The molecule has 6 heteroatoms. The van der Waals surface area contributed by atoms with Crippen LogP contribution in [0.15, 0.2) is 22.7 Å². The zero-order valence-electron chi connectivity index (χ0n) is 11.9. The highest BCUT2D eigenvalue weighted by Crippen LogP contribution is 2.30. The number of aldehydes is 1. The lowest BCUT2D eigenvalue weighted by atomic mass is 9.93. The molecule has 1 aromatic rings. The minimum absolute atomic E-state index is 0.0926. The largest absolute Gasteiger partial charge is 0.508 e. The number of carbonyl (C=O) groups is 2. The molecular weight excluding hydrogens is 326 g/mol. The monoisotopic (exact) mass is 343 g/mol. The average Bonchev–Trinajstić information content (AvgIpc) is 2.25. The summed E-state index contributed by atoms with van der Waals surface area (Å²) in [6.45, 7) is 6.67. The van der Waals surface area contributed by atoms with Gasteiger partial charge in [-0.15, -0.1) is 0 Å². The summed E-state index contributed by atoms with van der Waals surface area (Å²) in [4.78, 5) is 23.2. The number of ether oxygens (including phenoxy) is 1. The highest BCUT2D eigenvalue weighted by atomic mass is 79.9. The molecule has 0 bridgehead atoms. The molecule has 1 atom stereocenters. The van der Waals surface area contributed by atoms with Gasteiger partial charge in [0.2, 0.25) is 0 Å². The molecule has 20 heavy (non-hydrogen) atoms. The molecule has 0 saturated carbocycles. The third kappa shape index (κ3) is 4.23. The van der Waals surface area contributed by atoms with Gasteiger partial charge in [0.05, 0.1) is 0 Å². The van der Waals surface area contributed by atoms with Crippen LogP contribution in [0.2, 0.25) is 0 Å². The number of aromatic hydroxyl groups is 1. The molecule has 0 heterocycles. The van der Waals surface area contributed by atoms with E-state index in [1.807, 2.05) is 0 Å². The summed E-state index contributed by atoms with van der Waals surface area (Å²) in [5, 5.41) is 12.4. The molecule has 2 N–H and O–H groups in total. The van der Waals surface area contributed by atoms with Crippen LogP contribution in [0.5, 0.6) is 5.75 Å². The SMILES string of the molecule is CC(C)(C)OC(=O)NC(C)(C=O)c1ccc(Br)cc1O. The first kappa shape index (κ1) is 16.5. The van der Waals surface area contributed by atoms with E-state index in [0.717, 1.165) is 0 Å². The second kappa shape index (κ2) is 5.83. The van der Waals surface area contributed by atoms with Crippen LogP contribution in [0.4, 0.5) is 4.79 Å². The predicted molar refractivity (Wildman–Crippen MR) is 78.6 cm³/mol. The normalized spacial score (nSPS) is 14.2. The summed E-state index contributed by atoms with van der Waals surface area (Å²) in [7, 11) is 0. The number of hydrogen-bond donors (Lipinski definition) is 2. The third-order valence-electron chi connectivity index (χ3n) is 2.52. The molecular formula is C14H18BrNO4. The second-order valence-corrected chi connectivity index (χ2v) is 6.52. The lowest BCUT2D eigenvalue weighted by Gasteiger charge is -2.28. The zero-order chi connectivity index (χ0) is 15.6. The number of amides is 1. The van der Waals surface area contributed by atoms with Crippen LogP contribution in [0.3, 0.4) is 0 Å². The van der Waals surface area contributed by atoms with E-state index in [-0.39, 0.29) is 5.75 Å². The molecule has 0 aromatic heterocycles. The molecule has 1 aromatic carbocycles. The van der Waals surface area contributed by atoms with Gasteiger partial charge in [-0.05, 0) is 39.8 Å². The summed E-state index contributed by atoms with van der Waals surface area (Å²) in [5.74, 6) is -0.0926. The maximum Gasteiger partial charge on any atom is 0.408 e. The van der Waals surface area contributed by atoms with Crippen LogP contribution in [0, 0.1) is 0 Å². The maximum absolute atomic E-state index is 11.8. The van der Waals surface area contributed by atoms with E-state index in [4.69, 9.17) is 4.74 Å². The first-order valence-corrected chi connectivity index (χ1v) is 6.83. The van der Waals surface area contributed by atoms with Gasteiger partial charge in [0, 0.05) is 10.0 Å². The Morgan fingerprint density at radius 3 is 2.40 bits per heavy atom. The summed E-state index contributed by atoms with van der Waals surface area (Å²) in [6.07, 6.45) is -0.172. The number of rotatable bonds is 3. The number of halogens is 1. The molecule has 0 radical (unpaired) electrons. The van der Waals surface area contributed by atoms with Gasteiger partial charge in [-0.1, -0.05) is 22.0 Å². The van der Waals surface area contributed by atoms with E-state index in [2.05, 4.69) is 21.2 Å². The topological polar surface area (TPSA) is 75.6 Å². The molecule has 1 amide bonds. The lowest BCUT2D eigenvalue weighted by Crippen LogP contribution is -2.47. The van der Waals surface area contributed by atoms with E-state index < -0.39 is 17.2 Å². The van der Waals surface area contributed by atoms with Crippen molar-refractivity contribution < 1.29 is 19.4 Å². The highest BCUT2D eigenvalue weighted by molar-refractivity contribution is 9.10. The Bertz CT molecular complexity index is 524. The summed E-state index contributed by atoms with van der Waals surface area (Å²) in [5.41, 5.74) is -1.75. The van der Waals surface area contributed by atoms with Crippen molar-refractivity contribution in [2.24, 2.45) is 0 Å². The first-order chi connectivity index (χ1) is 9.07. The maximum atomic E-state index is 11.8. The van der Waals surface area contributed by atoms with Crippen molar-refractivity contribution in [2.45, 2.75) is 38.8 Å². The van der Waals surface area contributed by atoms with Gasteiger partial charge in [-0.3, -0.25) is 0 Å². The second-order valence-electron chi connectivity index (χ2n) is 5.61. The van der Waals surface area contributed by atoms with E-state index in [0.29, 0.717) is 16.3 Å². The van der Waals surface area contributed by atoms with Crippen molar-refractivity contribution in [3.8, 4) is 5.75 Å². The van der Waals surface area contributed by atoms with Gasteiger partial charge in [0.15, 0.2) is 0 Å². The molecule has 0 fully saturated rings. The fraction of sp³-hybridized carbons (Fsp3) is 0.429. The molecule has 0 spiro atoms. The number of carbonyl (C=O) groups excluding carboxylic acids is 2. The third-order valence-corrected chi connectivity index (χ3v) is 3.01. The zero-order valence-corrected chi connectivity index (χ0v) is 13.4. The Kier molecular flexibility index (Phi) is 4.81. The van der Waals surface area contributed by atoms with Crippen LogP contribution >= 0.6 is 15.9 Å². The fourth-order valence-electron chi connectivity index (χ4n) is 1.62. The van der Waals surface area contributed by atoms with Gasteiger partial charge >= 0.3 is 6.09 Å². The van der Waals surface area contributed by atoms with Crippen molar-refractivity contribution in [3.63, 3.8) is 0 Å². The molecule has 0 aliphatic heterocycles. The van der Waals surface area contributed by atoms with Gasteiger partial charge in [0.25, 0.3) is 0 Å². The van der Waals surface area contributed by atoms with E-state index in [9.17, 15) is 14.7 Å². The summed E-state index contributed by atoms with van der Waals surface area (Å²) >= 11 is 3.22. The van der Waals surface area contributed by atoms with E-state index >= 15 is 0 Å². The Hall–Kier alpha value is -1.56. The summed E-state index contributed by atoms with van der Waals surface area (Å²) in [6, 6.07) is 4.69. The number of phenolic OH excluding ortho intramolecular Hbond substituents is 1. The minimum atomic E-state index is -1.37. The molecule has 0 aliphatic rings. The number of phenols is 1. The van der Waals surface area contributed by atoms with Crippen LogP contribution in [-0.4, -0.2) is 23.1 Å². The van der Waals surface area contributed by atoms with Crippen molar-refractivity contribution in [1.82, 2.24) is 5.32 Å². The highest BCUT2D eigenvalue weighted by Gasteiger charge is 2.32. The van der Waals surface area contributed by atoms with Crippen molar-refractivity contribution in [2.75, 3.05) is 0 Å². The first-order valence-electron chi connectivity index (χ1n) is 6.04. The molecule has 0 aliphatic carbocycles. The van der Waals surface area contributed by atoms with Gasteiger partial charge < -0.3 is 20.0 Å². The quantitative estimate of drug-likeness (QED) is 0.827. The molecule has 1 rings (SSSR count). The minimum Gasteiger partial charge on any atom is -0.508 e. The van der Waals surface area contributed by atoms with Crippen molar-refractivity contribution >= 4 is 28.3 Å². The van der Waals surface area contributed by atoms with Crippen LogP contribution in [0.25, 0.3) is 0 Å². The van der Waals surface area contributed by atoms with Crippen molar-refractivity contribution in [1.29, 1.82) is 0 Å². The number of alkyl carbamates (subject to hydrolysis) is 1.